The van der Waals surface area contributed by atoms with Crippen LogP contribution in [0.2, 0.25) is 0 Å². The van der Waals surface area contributed by atoms with Crippen LogP contribution in [0.3, 0.4) is 0 Å². The number of carbonyl (C=O) groups is 1. The molecule has 2 aromatic heterocycles. The number of hydrogen-bond acceptors (Lipinski definition) is 7. The summed E-state index contributed by atoms with van der Waals surface area (Å²) in [5.74, 6) is 1.95. The minimum absolute atomic E-state index is 0.307. The van der Waals surface area contributed by atoms with Gasteiger partial charge in [-0.2, -0.15) is 5.26 Å². The summed E-state index contributed by atoms with van der Waals surface area (Å²) >= 11 is 0. The fourth-order valence-corrected chi connectivity index (χ4v) is 3.36. The van der Waals surface area contributed by atoms with Crippen LogP contribution in [0.15, 0.2) is 54.7 Å². The Labute approximate surface area is 174 Å². The van der Waals surface area contributed by atoms with Crippen molar-refractivity contribution in [1.29, 1.82) is 5.26 Å². The first-order valence-electron chi connectivity index (χ1n) is 9.70. The highest BCUT2D eigenvalue weighted by atomic mass is 16.1. The number of nitrogens with zero attached hydrogens (tertiary/aromatic N) is 6. The molecule has 0 atom stereocenters. The molecule has 150 valence electrons. The summed E-state index contributed by atoms with van der Waals surface area (Å²) < 4.78 is 0. The van der Waals surface area contributed by atoms with Crippen LogP contribution in [0.4, 0.5) is 17.3 Å². The quantitative estimate of drug-likeness (QED) is 0.720. The maximum absolute atomic E-state index is 12.7. The topological polar surface area (TPSA) is 98.0 Å². The summed E-state index contributed by atoms with van der Waals surface area (Å²) in [5.41, 5.74) is 1.47. The van der Waals surface area contributed by atoms with Crippen molar-refractivity contribution in [2.24, 2.45) is 0 Å². The lowest BCUT2D eigenvalue weighted by molar-refractivity contribution is 0.102. The molecule has 1 amide bonds. The molecule has 1 saturated heterocycles. The third kappa shape index (κ3) is 4.36. The highest BCUT2D eigenvalue weighted by Crippen LogP contribution is 2.19. The molecule has 1 aliphatic heterocycles. The van der Waals surface area contributed by atoms with Crippen molar-refractivity contribution >= 4 is 23.2 Å². The van der Waals surface area contributed by atoms with E-state index in [9.17, 15) is 4.79 Å². The van der Waals surface area contributed by atoms with Crippen molar-refractivity contribution in [2.75, 3.05) is 41.3 Å². The molecule has 1 N–H and O–H groups in total. The van der Waals surface area contributed by atoms with Crippen LogP contribution in [0.1, 0.15) is 21.9 Å². The Morgan fingerprint density at radius 3 is 2.33 bits per heavy atom. The predicted molar refractivity (Wildman–Crippen MR) is 115 cm³/mol. The number of rotatable bonds is 4. The van der Waals surface area contributed by atoms with Gasteiger partial charge in [-0.15, -0.1) is 0 Å². The van der Waals surface area contributed by atoms with Crippen LogP contribution in [-0.4, -0.2) is 47.0 Å². The standard InChI is InChI=1S/C22H21N7O/c1-16-25-19(22(30)27-18-7-5-17(15-23)6-8-18)14-21(26-16)29-12-10-28(11-13-29)20-4-2-3-9-24-20/h2-9,14H,10-13H2,1H3,(H,27,30). The number of aryl methyl sites for hydroxylation is 1. The molecule has 1 aromatic carbocycles. The zero-order valence-electron chi connectivity index (χ0n) is 16.6. The van der Waals surface area contributed by atoms with Crippen molar-refractivity contribution in [3.8, 4) is 6.07 Å². The average Bonchev–Trinajstić information content (AvgIpc) is 2.80. The van der Waals surface area contributed by atoms with Gasteiger partial charge in [-0.05, 0) is 43.3 Å². The van der Waals surface area contributed by atoms with Gasteiger partial charge in [-0.25, -0.2) is 15.0 Å². The monoisotopic (exact) mass is 399 g/mol. The van der Waals surface area contributed by atoms with Gasteiger partial charge in [0.1, 0.15) is 23.2 Å². The van der Waals surface area contributed by atoms with Crippen molar-refractivity contribution in [1.82, 2.24) is 15.0 Å². The minimum Gasteiger partial charge on any atom is -0.353 e. The van der Waals surface area contributed by atoms with Gasteiger partial charge in [-0.3, -0.25) is 4.79 Å². The molecule has 0 aliphatic carbocycles. The Balaban J connectivity index is 1.45. The lowest BCUT2D eigenvalue weighted by atomic mass is 10.2. The molecular weight excluding hydrogens is 378 g/mol. The fourth-order valence-electron chi connectivity index (χ4n) is 3.36. The van der Waals surface area contributed by atoms with Crippen LogP contribution in [0.25, 0.3) is 0 Å². The average molecular weight is 399 g/mol. The molecule has 1 fully saturated rings. The highest BCUT2D eigenvalue weighted by molar-refractivity contribution is 6.03. The number of pyridine rings is 1. The molecular formula is C22H21N7O. The number of nitriles is 1. The smallest absolute Gasteiger partial charge is 0.274 e. The first-order valence-corrected chi connectivity index (χ1v) is 9.70. The summed E-state index contributed by atoms with van der Waals surface area (Å²) in [6.45, 7) is 5.00. The van der Waals surface area contributed by atoms with Crippen LogP contribution < -0.4 is 15.1 Å². The Kier molecular flexibility index (Phi) is 5.52. The number of aromatic nitrogens is 3. The van der Waals surface area contributed by atoms with Crippen LogP contribution in [0.5, 0.6) is 0 Å². The molecule has 8 nitrogen and oxygen atoms in total. The normalized spacial score (nSPS) is 13.6. The van der Waals surface area contributed by atoms with E-state index in [0.717, 1.165) is 37.8 Å². The molecule has 0 unspecified atom stereocenters. The summed E-state index contributed by atoms with van der Waals surface area (Å²) in [5, 5.41) is 11.7. The Morgan fingerprint density at radius 2 is 1.70 bits per heavy atom. The summed E-state index contributed by atoms with van der Waals surface area (Å²) in [7, 11) is 0. The molecule has 0 radical (unpaired) electrons. The molecule has 3 heterocycles. The Bertz CT molecular complexity index is 1070. The number of benzene rings is 1. The molecule has 0 saturated carbocycles. The predicted octanol–water partition coefficient (Wildman–Crippen LogP) is 2.63. The molecule has 3 aromatic rings. The second-order valence-corrected chi connectivity index (χ2v) is 6.96. The molecule has 8 heteroatoms. The Morgan fingerprint density at radius 1 is 1.00 bits per heavy atom. The Hall–Kier alpha value is -3.99. The zero-order valence-corrected chi connectivity index (χ0v) is 16.6. The number of hydrogen-bond donors (Lipinski definition) is 1. The molecule has 1 aliphatic rings. The second kappa shape index (κ2) is 8.57. The van der Waals surface area contributed by atoms with E-state index in [0.29, 0.717) is 22.8 Å². The molecule has 4 rings (SSSR count). The van der Waals surface area contributed by atoms with E-state index >= 15 is 0 Å². The van der Waals surface area contributed by atoms with Crippen LogP contribution in [-0.2, 0) is 0 Å². The van der Waals surface area contributed by atoms with Crippen molar-refractivity contribution in [3.05, 3.63) is 71.8 Å². The lowest BCUT2D eigenvalue weighted by Crippen LogP contribution is -2.47. The van der Waals surface area contributed by atoms with Gasteiger partial charge in [0.15, 0.2) is 0 Å². The van der Waals surface area contributed by atoms with E-state index in [4.69, 9.17) is 5.26 Å². The van der Waals surface area contributed by atoms with Gasteiger partial charge in [0.05, 0.1) is 11.6 Å². The number of carbonyl (C=O) groups excluding carboxylic acids is 1. The number of nitrogens with one attached hydrogen (secondary N) is 1. The summed E-state index contributed by atoms with van der Waals surface area (Å²) in [6.07, 6.45) is 1.80. The van der Waals surface area contributed by atoms with Gasteiger partial charge in [0.25, 0.3) is 5.91 Å². The van der Waals surface area contributed by atoms with E-state index in [1.54, 1.807) is 43.5 Å². The van der Waals surface area contributed by atoms with Gasteiger partial charge in [0.2, 0.25) is 0 Å². The molecule has 30 heavy (non-hydrogen) atoms. The van der Waals surface area contributed by atoms with E-state index in [1.165, 1.54) is 0 Å². The van der Waals surface area contributed by atoms with E-state index < -0.39 is 0 Å². The zero-order chi connectivity index (χ0) is 20.9. The third-order valence-electron chi connectivity index (χ3n) is 4.91. The van der Waals surface area contributed by atoms with Gasteiger partial charge >= 0.3 is 0 Å². The molecule has 0 bridgehead atoms. The van der Waals surface area contributed by atoms with Gasteiger partial charge in [-0.1, -0.05) is 6.07 Å². The second-order valence-electron chi connectivity index (χ2n) is 6.96. The van der Waals surface area contributed by atoms with Crippen molar-refractivity contribution < 1.29 is 4.79 Å². The highest BCUT2D eigenvalue weighted by Gasteiger charge is 2.21. The SMILES string of the molecule is Cc1nc(C(=O)Nc2ccc(C#N)cc2)cc(N2CCN(c3ccccn3)CC2)n1. The van der Waals surface area contributed by atoms with Crippen molar-refractivity contribution in [3.63, 3.8) is 0 Å². The largest absolute Gasteiger partial charge is 0.353 e. The maximum Gasteiger partial charge on any atom is 0.274 e. The third-order valence-corrected chi connectivity index (χ3v) is 4.91. The molecule has 0 spiro atoms. The van der Waals surface area contributed by atoms with Crippen LogP contribution >= 0.6 is 0 Å². The number of anilines is 3. The summed E-state index contributed by atoms with van der Waals surface area (Å²) in [4.78, 5) is 30.3. The maximum atomic E-state index is 12.7. The minimum atomic E-state index is -0.307. The van der Waals surface area contributed by atoms with Crippen LogP contribution in [0, 0.1) is 18.3 Å². The van der Waals surface area contributed by atoms with Gasteiger partial charge < -0.3 is 15.1 Å². The lowest BCUT2D eigenvalue weighted by Gasteiger charge is -2.36. The van der Waals surface area contributed by atoms with E-state index in [1.807, 2.05) is 18.2 Å². The number of amides is 1. The van der Waals surface area contributed by atoms with E-state index in [-0.39, 0.29) is 5.91 Å². The van der Waals surface area contributed by atoms with Gasteiger partial charge in [0, 0.05) is 44.1 Å². The fraction of sp³-hybridized carbons (Fsp3) is 0.227. The summed E-state index contributed by atoms with van der Waals surface area (Å²) in [6, 6.07) is 16.4. The van der Waals surface area contributed by atoms with E-state index in [2.05, 4.69) is 36.1 Å². The first kappa shape index (κ1) is 19.3. The number of piperazine rings is 1. The first-order chi connectivity index (χ1) is 14.6. The van der Waals surface area contributed by atoms with Crippen molar-refractivity contribution in [2.45, 2.75) is 6.92 Å².